The van der Waals surface area contributed by atoms with Crippen molar-refractivity contribution >= 4 is 86.9 Å². The van der Waals surface area contributed by atoms with E-state index in [1.54, 1.807) is 0 Å². The van der Waals surface area contributed by atoms with E-state index in [-0.39, 0.29) is 0 Å². The quantitative estimate of drug-likeness (QED) is 0.326. The molecule has 0 spiro atoms. The van der Waals surface area contributed by atoms with Gasteiger partial charge >= 0.3 is 0 Å². The second-order valence-electron chi connectivity index (χ2n) is 1.88. The Morgan fingerprint density at radius 2 is 0.750 bits per heavy atom. The van der Waals surface area contributed by atoms with Crippen molar-refractivity contribution < 1.29 is 0 Å². The van der Waals surface area contributed by atoms with Gasteiger partial charge in [0.05, 0.1) is 27.9 Å². The van der Waals surface area contributed by atoms with Crippen LogP contribution in [0, 0.1) is 0 Å². The molecule has 0 aliphatic carbocycles. The molecule has 0 saturated carbocycles. The summed E-state index contributed by atoms with van der Waals surface area (Å²) in [5, 5.41) is 1.16. The Bertz CT molecular complexity index is 232. The van der Waals surface area contributed by atoms with Crippen molar-refractivity contribution in [2.75, 3.05) is 0 Å². The van der Waals surface area contributed by atoms with E-state index in [9.17, 15) is 0 Å². The van der Waals surface area contributed by atoms with Crippen LogP contribution in [0.1, 0.15) is 0 Å². The summed E-state index contributed by atoms with van der Waals surface area (Å²) in [6.07, 6.45) is 0. The minimum absolute atomic E-state index is 0.582. The minimum atomic E-state index is 0.582. The predicted molar refractivity (Wildman–Crippen MR) is 67.3 cm³/mol. The van der Waals surface area contributed by atoms with Crippen LogP contribution in [0.25, 0.3) is 0 Å². The average molecular weight is 463 g/mol. The molecular weight excluding hydrogens is 463 g/mol. The maximum Gasteiger partial charge on any atom is 0.0714 e. The van der Waals surface area contributed by atoms with Crippen LogP contribution in [0.3, 0.4) is 0 Å². The molecule has 0 N–H and O–H groups in total. The van der Waals surface area contributed by atoms with Crippen LogP contribution < -0.4 is 0 Å². The monoisotopic (exact) mass is 458 g/mol. The van der Waals surface area contributed by atoms with Gasteiger partial charge in [0.25, 0.3) is 0 Å². The number of halogens is 6. The highest BCUT2D eigenvalue weighted by molar-refractivity contribution is 9.14. The van der Waals surface area contributed by atoms with Crippen LogP contribution in [0.15, 0.2) is 17.9 Å². The summed E-state index contributed by atoms with van der Waals surface area (Å²) in [7, 11) is 0. The highest BCUT2D eigenvalue weighted by Gasteiger charge is 2.15. The van der Waals surface area contributed by atoms with Gasteiger partial charge in [-0.3, -0.25) is 0 Å². The molecule has 0 heterocycles. The van der Waals surface area contributed by atoms with Crippen molar-refractivity contribution in [3.63, 3.8) is 0 Å². The number of benzene rings is 1. The van der Waals surface area contributed by atoms with Gasteiger partial charge in [0.2, 0.25) is 0 Å². The number of hydrogen-bond donors (Lipinski definition) is 0. The van der Waals surface area contributed by atoms with Gasteiger partial charge in [-0.1, -0.05) is 23.2 Å². The lowest BCUT2D eigenvalue weighted by Crippen LogP contribution is -1.80. The zero-order valence-corrected chi connectivity index (χ0v) is 13.1. The summed E-state index contributed by atoms with van der Waals surface area (Å²) < 4.78 is 2.96. The Morgan fingerprint density at radius 3 is 0.917 bits per heavy atom. The zero-order valence-electron chi connectivity index (χ0n) is 5.27. The fraction of sp³-hybridized carbons (Fsp3) is 0. The minimum Gasteiger partial charge on any atom is -0.0818 e. The molecule has 0 atom stereocenters. The van der Waals surface area contributed by atoms with Crippen LogP contribution >= 0.6 is 86.9 Å². The van der Waals surface area contributed by atoms with E-state index in [4.69, 9.17) is 23.2 Å². The van der Waals surface area contributed by atoms with Gasteiger partial charge in [-0.2, -0.15) is 0 Å². The lowest BCUT2D eigenvalue weighted by Gasteiger charge is -2.07. The molecule has 12 heavy (non-hydrogen) atoms. The van der Waals surface area contributed by atoms with Crippen molar-refractivity contribution in [3.05, 3.63) is 27.9 Å². The fourth-order valence-electron chi connectivity index (χ4n) is 0.578. The molecule has 0 bridgehead atoms. The molecule has 66 valence electrons. The van der Waals surface area contributed by atoms with Crippen LogP contribution in [0.4, 0.5) is 0 Å². The van der Waals surface area contributed by atoms with E-state index in [1.807, 2.05) is 0 Å². The summed E-state index contributed by atoms with van der Waals surface area (Å²) in [6, 6.07) is 0. The molecule has 0 amide bonds. The maximum atomic E-state index is 5.95. The normalized spacial score (nSPS) is 10.5. The topological polar surface area (TPSA) is 0 Å². The van der Waals surface area contributed by atoms with Gasteiger partial charge in [0.1, 0.15) is 0 Å². The second kappa shape index (κ2) is 4.49. The molecule has 0 nitrogen and oxygen atoms in total. The molecule has 1 rings (SSSR count). The summed E-state index contributed by atoms with van der Waals surface area (Å²) in [5.41, 5.74) is 0. The van der Waals surface area contributed by atoms with E-state index < -0.39 is 0 Å². The molecule has 0 fully saturated rings. The van der Waals surface area contributed by atoms with Crippen molar-refractivity contribution in [2.24, 2.45) is 0 Å². The van der Waals surface area contributed by atoms with Crippen LogP contribution in [-0.2, 0) is 0 Å². The van der Waals surface area contributed by atoms with Crippen molar-refractivity contribution in [1.29, 1.82) is 0 Å². The van der Waals surface area contributed by atoms with Gasteiger partial charge in [0.15, 0.2) is 0 Å². The molecule has 6 heteroatoms. The first-order chi connectivity index (χ1) is 5.46. The van der Waals surface area contributed by atoms with E-state index >= 15 is 0 Å². The van der Waals surface area contributed by atoms with Gasteiger partial charge in [-0.05, 0) is 63.7 Å². The van der Waals surface area contributed by atoms with Crippen molar-refractivity contribution in [1.82, 2.24) is 0 Å². The SMILES string of the molecule is Clc1c(Br)c(Br)c(Cl)c(Br)c1Br. The van der Waals surface area contributed by atoms with Crippen molar-refractivity contribution in [3.8, 4) is 0 Å². The van der Waals surface area contributed by atoms with Crippen LogP contribution in [-0.4, -0.2) is 0 Å². The third-order valence-electron chi connectivity index (χ3n) is 1.16. The van der Waals surface area contributed by atoms with E-state index in [0.717, 1.165) is 17.9 Å². The predicted octanol–water partition coefficient (Wildman–Crippen LogP) is 6.04. The molecule has 0 radical (unpaired) electrons. The van der Waals surface area contributed by atoms with E-state index in [1.165, 1.54) is 0 Å². The molecule has 0 unspecified atom stereocenters. The third kappa shape index (κ3) is 2.04. The zero-order chi connectivity index (χ0) is 9.46. The smallest absolute Gasteiger partial charge is 0.0714 e. The lowest BCUT2D eigenvalue weighted by atomic mass is 10.4. The van der Waals surface area contributed by atoms with Gasteiger partial charge < -0.3 is 0 Å². The highest BCUT2D eigenvalue weighted by atomic mass is 79.9. The van der Waals surface area contributed by atoms with Crippen LogP contribution in [0.2, 0.25) is 10.0 Å². The maximum absolute atomic E-state index is 5.95. The third-order valence-corrected chi connectivity index (χ3v) is 7.06. The Hall–Kier alpha value is 1.72. The van der Waals surface area contributed by atoms with E-state index in [0.29, 0.717) is 10.0 Å². The Morgan fingerprint density at radius 1 is 0.583 bits per heavy atom. The molecule has 1 aromatic rings. The molecule has 0 saturated heterocycles. The molecule has 1 aromatic carbocycles. The summed E-state index contributed by atoms with van der Waals surface area (Å²) in [6.45, 7) is 0. The first-order valence-corrected chi connectivity index (χ1v) is 6.56. The lowest BCUT2D eigenvalue weighted by molar-refractivity contribution is 1.50. The second-order valence-corrected chi connectivity index (χ2v) is 5.81. The summed E-state index contributed by atoms with van der Waals surface area (Å²) in [5.74, 6) is 0. The van der Waals surface area contributed by atoms with Gasteiger partial charge in [-0.15, -0.1) is 0 Å². The number of hydrogen-bond acceptors (Lipinski definition) is 0. The first-order valence-electron chi connectivity index (χ1n) is 2.63. The summed E-state index contributed by atoms with van der Waals surface area (Å²) >= 11 is 25.1. The number of rotatable bonds is 0. The largest absolute Gasteiger partial charge is 0.0818 e. The van der Waals surface area contributed by atoms with Crippen molar-refractivity contribution in [2.45, 2.75) is 0 Å². The highest BCUT2D eigenvalue weighted by Crippen LogP contribution is 2.46. The molecule has 0 aliphatic rings. The molecular formula is C6Br4Cl2. The Labute approximate surface area is 114 Å². The average Bonchev–Trinajstić information content (AvgIpc) is 2.08. The first kappa shape index (κ1) is 11.8. The van der Waals surface area contributed by atoms with Gasteiger partial charge in [-0.25, -0.2) is 0 Å². The Kier molecular flexibility index (Phi) is 4.42. The standard InChI is InChI=1S/C6Br4Cl2/c7-1-2(8)6(12)4(10)3(9)5(1)11. The molecule has 0 aliphatic heterocycles. The molecule has 0 aromatic heterocycles. The van der Waals surface area contributed by atoms with Crippen LogP contribution in [0.5, 0.6) is 0 Å². The van der Waals surface area contributed by atoms with E-state index in [2.05, 4.69) is 63.7 Å². The fourth-order valence-corrected chi connectivity index (χ4v) is 3.53. The van der Waals surface area contributed by atoms with Gasteiger partial charge in [0, 0.05) is 0 Å². The summed E-state index contributed by atoms with van der Waals surface area (Å²) in [4.78, 5) is 0. The Balaban J connectivity index is 3.60.